The molecular formula is C22H35IN6O. The zero-order valence-corrected chi connectivity index (χ0v) is 20.6. The van der Waals surface area contributed by atoms with E-state index in [0.29, 0.717) is 12.0 Å². The third-order valence-corrected chi connectivity index (χ3v) is 5.25. The zero-order valence-electron chi connectivity index (χ0n) is 18.3. The van der Waals surface area contributed by atoms with Crippen molar-refractivity contribution in [3.63, 3.8) is 0 Å². The number of aromatic nitrogens is 1. The van der Waals surface area contributed by atoms with E-state index >= 15 is 0 Å². The molecule has 0 spiro atoms. The average Bonchev–Trinajstić information content (AvgIpc) is 3.24. The van der Waals surface area contributed by atoms with Gasteiger partial charge >= 0.3 is 0 Å². The summed E-state index contributed by atoms with van der Waals surface area (Å²) in [5.41, 5.74) is 2.14. The number of nitrogens with one attached hydrogen (secondary N) is 2. The quantitative estimate of drug-likeness (QED) is 0.312. The largest absolute Gasteiger partial charge is 0.380 e. The van der Waals surface area contributed by atoms with Gasteiger partial charge in [0, 0.05) is 57.1 Å². The van der Waals surface area contributed by atoms with Crippen molar-refractivity contribution in [1.29, 1.82) is 0 Å². The van der Waals surface area contributed by atoms with Gasteiger partial charge in [-0.05, 0) is 25.0 Å². The molecule has 0 amide bonds. The average molecular weight is 526 g/mol. The molecule has 1 aromatic carbocycles. The number of halogens is 1. The van der Waals surface area contributed by atoms with Crippen LogP contribution in [0.15, 0.2) is 52.2 Å². The Morgan fingerprint density at radius 1 is 1.13 bits per heavy atom. The van der Waals surface area contributed by atoms with Gasteiger partial charge in [-0.2, -0.15) is 0 Å². The van der Waals surface area contributed by atoms with Gasteiger partial charge in [0.05, 0.1) is 12.2 Å². The van der Waals surface area contributed by atoms with E-state index in [0.717, 1.165) is 63.2 Å². The van der Waals surface area contributed by atoms with E-state index in [4.69, 9.17) is 9.52 Å². The Bertz CT molecular complexity index is 729. The molecule has 1 aliphatic rings. The predicted molar refractivity (Wildman–Crippen MR) is 133 cm³/mol. The van der Waals surface area contributed by atoms with Crippen LogP contribution < -0.4 is 10.6 Å². The van der Waals surface area contributed by atoms with E-state index in [-0.39, 0.29) is 24.0 Å². The normalized spacial score (nSPS) is 16.3. The topological polar surface area (TPSA) is 68.9 Å². The van der Waals surface area contributed by atoms with Gasteiger partial charge in [0.1, 0.15) is 6.26 Å². The molecule has 1 aliphatic heterocycles. The summed E-state index contributed by atoms with van der Waals surface area (Å²) in [6.45, 7) is 13.0. The third kappa shape index (κ3) is 7.46. The number of hydrogen-bond acceptors (Lipinski definition) is 5. The summed E-state index contributed by atoms with van der Waals surface area (Å²) < 4.78 is 4.94. The number of nitrogens with zero attached hydrogens (tertiary/aromatic N) is 4. The summed E-state index contributed by atoms with van der Waals surface area (Å²) in [5, 5.41) is 11.1. The lowest BCUT2D eigenvalue weighted by molar-refractivity contribution is 0.169. The number of rotatable bonds is 8. The molecule has 2 N–H and O–H groups in total. The van der Waals surface area contributed by atoms with Crippen molar-refractivity contribution in [3.05, 3.63) is 48.4 Å². The molecule has 0 saturated carbocycles. The molecule has 2 aromatic rings. The molecule has 0 aliphatic carbocycles. The highest BCUT2D eigenvalue weighted by molar-refractivity contribution is 14.0. The third-order valence-electron chi connectivity index (χ3n) is 5.25. The molecule has 1 aromatic heterocycles. The minimum absolute atomic E-state index is 0. The van der Waals surface area contributed by atoms with Gasteiger partial charge in [-0.25, -0.2) is 0 Å². The number of hydrogen-bond donors (Lipinski definition) is 2. The van der Waals surface area contributed by atoms with Crippen LogP contribution in [0.3, 0.4) is 0 Å². The Balaban J connectivity index is 0.00000320. The Morgan fingerprint density at radius 2 is 1.87 bits per heavy atom. The molecule has 1 unspecified atom stereocenters. The summed E-state index contributed by atoms with van der Waals surface area (Å²) in [5.74, 6) is 1.50. The van der Waals surface area contributed by atoms with Crippen LogP contribution >= 0.6 is 24.0 Å². The SMILES string of the molecule is CCNC(=NCC(Nc1ccccc1)C(C)C)N1CCN(Cc2ccon2)CC1.I. The lowest BCUT2D eigenvalue weighted by Crippen LogP contribution is -2.52. The number of benzene rings is 1. The Kier molecular flexibility index (Phi) is 10.4. The van der Waals surface area contributed by atoms with Crippen LogP contribution in [-0.2, 0) is 6.54 Å². The maximum Gasteiger partial charge on any atom is 0.194 e. The minimum atomic E-state index is 0. The number of aliphatic imine (C=N–C) groups is 1. The standard InChI is InChI=1S/C22H34N6O.HI/c1-4-23-22(24-16-21(18(2)3)25-19-8-6-5-7-9-19)28-13-11-27(12-14-28)17-20-10-15-29-26-20;/h5-10,15,18,21,25H,4,11-14,16-17H2,1-3H3,(H,23,24);1H. The molecule has 1 atom stereocenters. The van der Waals surface area contributed by atoms with Crippen molar-refractivity contribution in [2.75, 3.05) is 44.6 Å². The molecule has 1 fully saturated rings. The van der Waals surface area contributed by atoms with Crippen molar-refractivity contribution in [3.8, 4) is 0 Å². The summed E-state index contributed by atoms with van der Waals surface area (Å²) >= 11 is 0. The summed E-state index contributed by atoms with van der Waals surface area (Å²) in [4.78, 5) is 9.75. The highest BCUT2D eigenvalue weighted by atomic mass is 127. The summed E-state index contributed by atoms with van der Waals surface area (Å²) in [6.07, 6.45) is 1.64. The maximum atomic E-state index is 4.98. The Morgan fingerprint density at radius 3 is 2.47 bits per heavy atom. The predicted octanol–water partition coefficient (Wildman–Crippen LogP) is 3.51. The number of anilines is 1. The van der Waals surface area contributed by atoms with E-state index in [1.54, 1.807) is 6.26 Å². The first-order valence-corrected chi connectivity index (χ1v) is 10.6. The second-order valence-electron chi connectivity index (χ2n) is 7.81. The minimum Gasteiger partial charge on any atom is -0.380 e. The maximum absolute atomic E-state index is 4.98. The summed E-state index contributed by atoms with van der Waals surface area (Å²) in [7, 11) is 0. The second-order valence-corrected chi connectivity index (χ2v) is 7.81. The molecule has 7 nitrogen and oxygen atoms in total. The van der Waals surface area contributed by atoms with Crippen LogP contribution in [0, 0.1) is 5.92 Å². The number of piperazine rings is 1. The van der Waals surface area contributed by atoms with E-state index in [9.17, 15) is 0 Å². The van der Waals surface area contributed by atoms with Crippen molar-refractivity contribution < 1.29 is 4.52 Å². The van der Waals surface area contributed by atoms with E-state index in [1.807, 2.05) is 12.1 Å². The lowest BCUT2D eigenvalue weighted by atomic mass is 10.0. The van der Waals surface area contributed by atoms with E-state index in [1.165, 1.54) is 0 Å². The molecule has 0 radical (unpaired) electrons. The van der Waals surface area contributed by atoms with Crippen molar-refractivity contribution in [2.24, 2.45) is 10.9 Å². The van der Waals surface area contributed by atoms with Gasteiger partial charge in [0.25, 0.3) is 0 Å². The van der Waals surface area contributed by atoms with E-state index < -0.39 is 0 Å². The van der Waals surface area contributed by atoms with Gasteiger partial charge in [0.15, 0.2) is 5.96 Å². The molecule has 8 heteroatoms. The molecule has 1 saturated heterocycles. The van der Waals surface area contributed by atoms with Crippen LogP contribution in [0.25, 0.3) is 0 Å². The molecule has 0 bridgehead atoms. The van der Waals surface area contributed by atoms with Gasteiger partial charge in [-0.1, -0.05) is 37.2 Å². The highest BCUT2D eigenvalue weighted by Gasteiger charge is 2.21. The Labute approximate surface area is 197 Å². The van der Waals surface area contributed by atoms with Crippen LogP contribution in [0.4, 0.5) is 5.69 Å². The fourth-order valence-corrected chi connectivity index (χ4v) is 3.45. The fourth-order valence-electron chi connectivity index (χ4n) is 3.45. The fraction of sp³-hybridized carbons (Fsp3) is 0.545. The van der Waals surface area contributed by atoms with Gasteiger partial charge in [0.2, 0.25) is 0 Å². The molecule has 30 heavy (non-hydrogen) atoms. The number of para-hydroxylation sites is 1. The molecular weight excluding hydrogens is 491 g/mol. The molecule has 166 valence electrons. The highest BCUT2D eigenvalue weighted by Crippen LogP contribution is 2.13. The van der Waals surface area contributed by atoms with Crippen LogP contribution in [-0.4, -0.2) is 66.2 Å². The van der Waals surface area contributed by atoms with E-state index in [2.05, 4.69) is 70.6 Å². The van der Waals surface area contributed by atoms with Crippen molar-refractivity contribution in [1.82, 2.24) is 20.3 Å². The van der Waals surface area contributed by atoms with Gasteiger partial charge < -0.3 is 20.1 Å². The van der Waals surface area contributed by atoms with Crippen molar-refractivity contribution in [2.45, 2.75) is 33.4 Å². The molecule has 2 heterocycles. The molecule has 3 rings (SSSR count). The zero-order chi connectivity index (χ0) is 20.5. The van der Waals surface area contributed by atoms with Gasteiger partial charge in [-0.3, -0.25) is 9.89 Å². The van der Waals surface area contributed by atoms with Crippen molar-refractivity contribution >= 4 is 35.6 Å². The number of guanidine groups is 1. The summed E-state index contributed by atoms with van der Waals surface area (Å²) in [6, 6.07) is 12.6. The first-order chi connectivity index (χ1) is 14.2. The second kappa shape index (κ2) is 12.8. The lowest BCUT2D eigenvalue weighted by Gasteiger charge is -2.36. The van der Waals surface area contributed by atoms with Crippen LogP contribution in [0.1, 0.15) is 26.5 Å². The first kappa shape index (κ1) is 24.5. The van der Waals surface area contributed by atoms with Crippen LogP contribution in [0.5, 0.6) is 0 Å². The monoisotopic (exact) mass is 526 g/mol. The smallest absolute Gasteiger partial charge is 0.194 e. The first-order valence-electron chi connectivity index (χ1n) is 10.6. The van der Waals surface area contributed by atoms with Gasteiger partial charge in [-0.15, -0.1) is 24.0 Å². The Hall–Kier alpha value is -1.81. The van der Waals surface area contributed by atoms with Crippen LogP contribution in [0.2, 0.25) is 0 Å².